The first-order valence-corrected chi connectivity index (χ1v) is 16.2. The van der Waals surface area contributed by atoms with Crippen LogP contribution in [0, 0.1) is 12.8 Å². The van der Waals surface area contributed by atoms with E-state index in [0.29, 0.717) is 23.2 Å². The Morgan fingerprint density at radius 2 is 1.70 bits per heavy atom. The molecular weight excluding hydrogens is 600 g/mol. The van der Waals surface area contributed by atoms with Gasteiger partial charge in [0.25, 0.3) is 5.91 Å². The van der Waals surface area contributed by atoms with Gasteiger partial charge in [-0.15, -0.1) is 0 Å². The van der Waals surface area contributed by atoms with Crippen LogP contribution in [0.1, 0.15) is 73.6 Å². The van der Waals surface area contributed by atoms with Crippen molar-refractivity contribution in [1.29, 1.82) is 0 Å². The zero-order chi connectivity index (χ0) is 32.6. The summed E-state index contributed by atoms with van der Waals surface area (Å²) in [6.07, 6.45) is 4.77. The van der Waals surface area contributed by atoms with Crippen molar-refractivity contribution in [3.8, 4) is 11.6 Å². The summed E-state index contributed by atoms with van der Waals surface area (Å²) >= 11 is 6.16. The van der Waals surface area contributed by atoms with Gasteiger partial charge in [0.2, 0.25) is 5.88 Å². The van der Waals surface area contributed by atoms with E-state index in [1.165, 1.54) is 7.11 Å². The van der Waals surface area contributed by atoms with E-state index in [0.717, 1.165) is 60.3 Å². The predicted molar refractivity (Wildman–Crippen MR) is 181 cm³/mol. The summed E-state index contributed by atoms with van der Waals surface area (Å²) in [7, 11) is 1.52. The number of halogens is 1. The van der Waals surface area contributed by atoms with Gasteiger partial charge >= 0.3 is 6.03 Å². The summed E-state index contributed by atoms with van der Waals surface area (Å²) in [6, 6.07) is 21.4. The zero-order valence-corrected chi connectivity index (χ0v) is 27.8. The van der Waals surface area contributed by atoms with Crippen LogP contribution in [0.25, 0.3) is 5.69 Å². The van der Waals surface area contributed by atoms with E-state index in [1.807, 2.05) is 55.5 Å². The van der Waals surface area contributed by atoms with E-state index in [1.54, 1.807) is 16.8 Å². The maximum absolute atomic E-state index is 13.5. The van der Waals surface area contributed by atoms with Gasteiger partial charge in [0.1, 0.15) is 11.0 Å². The number of pyridine rings is 1. The lowest BCUT2D eigenvalue weighted by Crippen LogP contribution is -2.46. The van der Waals surface area contributed by atoms with Crippen LogP contribution in [0.15, 0.2) is 66.7 Å². The summed E-state index contributed by atoms with van der Waals surface area (Å²) in [5.74, 6) is 1.38. The van der Waals surface area contributed by atoms with Crippen molar-refractivity contribution in [3.05, 3.63) is 94.3 Å². The summed E-state index contributed by atoms with van der Waals surface area (Å²) in [5.41, 5.74) is 5.14. The van der Waals surface area contributed by atoms with Crippen LogP contribution in [0.4, 0.5) is 16.3 Å². The van der Waals surface area contributed by atoms with Crippen molar-refractivity contribution >= 4 is 35.0 Å². The lowest BCUT2D eigenvalue weighted by molar-refractivity contribution is 0.0524. The third kappa shape index (κ3) is 6.89. The van der Waals surface area contributed by atoms with Gasteiger partial charge in [0.15, 0.2) is 0 Å². The summed E-state index contributed by atoms with van der Waals surface area (Å²) < 4.78 is 7.01. The van der Waals surface area contributed by atoms with Crippen LogP contribution in [0.5, 0.6) is 5.88 Å². The van der Waals surface area contributed by atoms with E-state index in [2.05, 4.69) is 47.4 Å². The van der Waals surface area contributed by atoms with Gasteiger partial charge in [-0.2, -0.15) is 5.10 Å². The summed E-state index contributed by atoms with van der Waals surface area (Å²) in [4.78, 5) is 32.9. The number of carbonyl (C=O) groups excluding carboxylic acids is 2. The molecule has 4 heterocycles. The maximum atomic E-state index is 13.5. The molecule has 2 aromatic carbocycles. The van der Waals surface area contributed by atoms with E-state index in [-0.39, 0.29) is 34.6 Å². The van der Waals surface area contributed by atoms with Gasteiger partial charge in [0, 0.05) is 40.9 Å². The third-order valence-corrected chi connectivity index (χ3v) is 9.19. The van der Waals surface area contributed by atoms with Gasteiger partial charge in [-0.05, 0) is 80.8 Å². The molecule has 2 aliphatic heterocycles. The van der Waals surface area contributed by atoms with E-state index < -0.39 is 0 Å². The van der Waals surface area contributed by atoms with Crippen LogP contribution in [-0.2, 0) is 11.8 Å². The number of amides is 3. The summed E-state index contributed by atoms with van der Waals surface area (Å²) in [5, 5.41) is 11.1. The highest BCUT2D eigenvalue weighted by Crippen LogP contribution is 2.41. The lowest BCUT2D eigenvalue weighted by Gasteiger charge is -2.39. The first-order chi connectivity index (χ1) is 22.0. The molecule has 6 rings (SSSR count). The van der Waals surface area contributed by atoms with Crippen molar-refractivity contribution in [2.24, 2.45) is 5.92 Å². The van der Waals surface area contributed by atoms with Crippen LogP contribution in [-0.4, -0.2) is 50.8 Å². The lowest BCUT2D eigenvalue weighted by atomic mass is 9.85. The minimum absolute atomic E-state index is 0.0101. The minimum atomic E-state index is -0.330. The van der Waals surface area contributed by atoms with E-state index in [4.69, 9.17) is 21.4 Å². The molecule has 0 spiro atoms. The standard InChI is InChI=1S/C36H41ClN6O3/c1-22-9-11-27(12-10-22)43-32(21-30(41-43)36(2,3)4)40-35(45)38-26-8-6-7-23(16-26)15-24-17-28-13-14-29(18-24)42(28)34(44)25-19-31(37)39-33(20-25)46-5/h6-12,16,19-21,24,28-29H,13-15,17-18H2,1-5H3,(H2,38,40,45). The van der Waals surface area contributed by atoms with Crippen molar-refractivity contribution in [2.75, 3.05) is 17.7 Å². The number of rotatable bonds is 7. The number of fused-ring (bicyclic) bond motifs is 2. The van der Waals surface area contributed by atoms with Gasteiger partial charge < -0.3 is 15.0 Å². The Bertz CT molecular complexity index is 1730. The second-order valence-electron chi connectivity index (χ2n) is 13.6. The summed E-state index contributed by atoms with van der Waals surface area (Å²) in [6.45, 7) is 8.35. The Morgan fingerprint density at radius 1 is 0.978 bits per heavy atom. The fraction of sp³-hybridized carbons (Fsp3) is 0.389. The molecule has 10 heteroatoms. The molecule has 240 valence electrons. The molecule has 0 radical (unpaired) electrons. The number of anilines is 2. The number of ether oxygens (including phenoxy) is 1. The van der Waals surface area contributed by atoms with Crippen LogP contribution >= 0.6 is 11.6 Å². The van der Waals surface area contributed by atoms with Gasteiger partial charge in [-0.1, -0.05) is 62.2 Å². The molecular formula is C36H41ClN6O3. The highest BCUT2D eigenvalue weighted by atomic mass is 35.5. The Kier molecular flexibility index (Phi) is 8.79. The number of nitrogens with zero attached hydrogens (tertiary/aromatic N) is 4. The number of aromatic nitrogens is 3. The largest absolute Gasteiger partial charge is 0.481 e. The molecule has 2 atom stereocenters. The molecule has 2 saturated heterocycles. The minimum Gasteiger partial charge on any atom is -0.481 e. The highest BCUT2D eigenvalue weighted by Gasteiger charge is 2.43. The number of hydrogen-bond acceptors (Lipinski definition) is 5. The average Bonchev–Trinajstić information content (AvgIpc) is 3.55. The van der Waals surface area contributed by atoms with Crippen LogP contribution in [0.2, 0.25) is 5.15 Å². The Hall–Kier alpha value is -4.37. The van der Waals surface area contributed by atoms with E-state index in [9.17, 15) is 9.59 Å². The number of benzene rings is 2. The second-order valence-corrected chi connectivity index (χ2v) is 13.9. The fourth-order valence-electron chi connectivity index (χ4n) is 6.75. The van der Waals surface area contributed by atoms with Crippen LogP contribution < -0.4 is 15.4 Å². The maximum Gasteiger partial charge on any atom is 0.324 e. The molecule has 46 heavy (non-hydrogen) atoms. The number of piperidine rings is 1. The molecule has 2 bridgehead atoms. The number of urea groups is 1. The molecule has 2 aromatic heterocycles. The quantitative estimate of drug-likeness (QED) is 0.201. The molecule has 2 aliphatic rings. The molecule has 0 saturated carbocycles. The van der Waals surface area contributed by atoms with Crippen molar-refractivity contribution in [3.63, 3.8) is 0 Å². The van der Waals surface area contributed by atoms with E-state index >= 15 is 0 Å². The first-order valence-electron chi connectivity index (χ1n) is 15.9. The number of aryl methyl sites for hydroxylation is 1. The monoisotopic (exact) mass is 640 g/mol. The second kappa shape index (κ2) is 12.8. The molecule has 4 aromatic rings. The Morgan fingerprint density at radius 3 is 2.37 bits per heavy atom. The predicted octanol–water partition coefficient (Wildman–Crippen LogP) is 7.81. The van der Waals surface area contributed by atoms with Crippen molar-refractivity contribution in [2.45, 2.75) is 77.3 Å². The third-order valence-electron chi connectivity index (χ3n) is 9.00. The normalized spacial score (nSPS) is 19.2. The number of nitrogens with one attached hydrogen (secondary N) is 2. The molecule has 2 fully saturated rings. The number of methoxy groups -OCH3 is 1. The first kappa shape index (κ1) is 31.6. The molecule has 9 nitrogen and oxygen atoms in total. The SMILES string of the molecule is COc1cc(C(=O)N2C3CCC2CC(Cc2cccc(NC(=O)Nc4cc(C(C)(C)C)nn4-c4ccc(C)cc4)c2)C3)cc(Cl)n1. The molecule has 0 aliphatic carbocycles. The Balaban J connectivity index is 1.11. The fourth-order valence-corrected chi connectivity index (χ4v) is 6.95. The number of hydrogen-bond donors (Lipinski definition) is 2. The topological polar surface area (TPSA) is 101 Å². The average molecular weight is 641 g/mol. The molecule has 2 N–H and O–H groups in total. The van der Waals surface area contributed by atoms with Crippen LogP contribution in [0.3, 0.4) is 0 Å². The zero-order valence-electron chi connectivity index (χ0n) is 27.0. The van der Waals surface area contributed by atoms with Crippen molar-refractivity contribution in [1.82, 2.24) is 19.7 Å². The highest BCUT2D eigenvalue weighted by molar-refractivity contribution is 6.29. The van der Waals surface area contributed by atoms with Crippen molar-refractivity contribution < 1.29 is 14.3 Å². The van der Waals surface area contributed by atoms with Gasteiger partial charge in [-0.3, -0.25) is 10.1 Å². The number of carbonyl (C=O) groups is 2. The molecule has 2 unspecified atom stereocenters. The van der Waals surface area contributed by atoms with Gasteiger partial charge in [-0.25, -0.2) is 14.5 Å². The Labute approximate surface area is 275 Å². The van der Waals surface area contributed by atoms with Gasteiger partial charge in [0.05, 0.1) is 18.5 Å². The molecule has 3 amide bonds. The smallest absolute Gasteiger partial charge is 0.324 e.